The molecule has 0 aromatic heterocycles. The maximum Gasteiger partial charge on any atom is 0.306 e. The number of halogens is 1. The molecule has 0 aliphatic carbocycles. The molecular weight excluding hydrogens is 356 g/mol. The topological polar surface area (TPSA) is 84.5 Å². The van der Waals surface area contributed by atoms with Crippen LogP contribution in [0.1, 0.15) is 31.2 Å². The number of amides is 2. The van der Waals surface area contributed by atoms with Crippen LogP contribution in [-0.4, -0.2) is 30.9 Å². The van der Waals surface area contributed by atoms with Crippen LogP contribution in [0.2, 0.25) is 5.02 Å². The highest BCUT2D eigenvalue weighted by molar-refractivity contribution is 6.30. The maximum absolute atomic E-state index is 12.3. The van der Waals surface area contributed by atoms with Crippen LogP contribution >= 0.6 is 11.6 Å². The summed E-state index contributed by atoms with van der Waals surface area (Å²) >= 11 is 5.84. The highest BCUT2D eigenvalue weighted by atomic mass is 35.5. The molecule has 0 unspecified atom stereocenters. The van der Waals surface area contributed by atoms with Crippen molar-refractivity contribution in [2.75, 3.05) is 13.2 Å². The van der Waals surface area contributed by atoms with E-state index in [1.807, 2.05) is 24.3 Å². The molecule has 0 spiro atoms. The monoisotopic (exact) mass is 378 g/mol. The predicted octanol–water partition coefficient (Wildman–Crippen LogP) is 2.36. The third-order valence-corrected chi connectivity index (χ3v) is 4.22. The molecule has 0 saturated heterocycles. The fraction of sp³-hybridized carbons (Fsp3) is 0.421. The second kappa shape index (κ2) is 10.6. The fourth-order valence-electron chi connectivity index (χ4n) is 2.52. The summed E-state index contributed by atoms with van der Waals surface area (Å²) in [6.07, 6.45) is 5.12. The van der Waals surface area contributed by atoms with Crippen molar-refractivity contribution in [2.45, 2.75) is 32.2 Å². The number of carbonyl (C=O) groups is 3. The number of benzene rings is 1. The third-order valence-electron chi connectivity index (χ3n) is 3.97. The Morgan fingerprint density at radius 1 is 1.23 bits per heavy atom. The van der Waals surface area contributed by atoms with Crippen LogP contribution in [0.15, 0.2) is 36.4 Å². The van der Waals surface area contributed by atoms with Gasteiger partial charge in [0.25, 0.3) is 0 Å². The molecular formula is C19H23ClN2O4. The Kier molecular flexibility index (Phi) is 8.15. The molecule has 2 rings (SSSR count). The van der Waals surface area contributed by atoms with E-state index in [1.54, 1.807) is 12.1 Å². The van der Waals surface area contributed by atoms with Crippen molar-refractivity contribution in [2.24, 2.45) is 5.92 Å². The zero-order valence-electron chi connectivity index (χ0n) is 14.5. The average Bonchev–Trinajstić information content (AvgIpc) is 2.62. The van der Waals surface area contributed by atoms with Crippen molar-refractivity contribution in [3.05, 3.63) is 47.0 Å². The van der Waals surface area contributed by atoms with Crippen LogP contribution in [0.25, 0.3) is 0 Å². The van der Waals surface area contributed by atoms with Gasteiger partial charge in [-0.25, -0.2) is 0 Å². The molecule has 2 amide bonds. The van der Waals surface area contributed by atoms with E-state index >= 15 is 0 Å². The number of hydrogen-bond donors (Lipinski definition) is 2. The van der Waals surface area contributed by atoms with Gasteiger partial charge >= 0.3 is 5.97 Å². The van der Waals surface area contributed by atoms with Crippen LogP contribution in [-0.2, 0) is 25.7 Å². The predicted molar refractivity (Wildman–Crippen MR) is 98.4 cm³/mol. The average molecular weight is 379 g/mol. The molecule has 1 aliphatic rings. The SMILES string of the molecule is O=C(C[C@H]1C/C=C/CCC(=O)OCCNC1=O)NCc1ccc(Cl)cc1. The normalized spacial score (nSPS) is 20.1. The molecule has 1 aromatic carbocycles. The number of cyclic esters (lactones) is 1. The van der Waals surface area contributed by atoms with E-state index in [-0.39, 0.29) is 37.4 Å². The van der Waals surface area contributed by atoms with Gasteiger partial charge in [-0.2, -0.15) is 0 Å². The van der Waals surface area contributed by atoms with Gasteiger partial charge in [-0.05, 0) is 30.5 Å². The molecule has 26 heavy (non-hydrogen) atoms. The summed E-state index contributed by atoms with van der Waals surface area (Å²) in [5.41, 5.74) is 0.938. The van der Waals surface area contributed by atoms with Gasteiger partial charge in [0.05, 0.1) is 12.5 Å². The van der Waals surface area contributed by atoms with Gasteiger partial charge in [0.2, 0.25) is 11.8 Å². The lowest BCUT2D eigenvalue weighted by atomic mass is 9.99. The van der Waals surface area contributed by atoms with Crippen LogP contribution in [0, 0.1) is 5.92 Å². The van der Waals surface area contributed by atoms with Crippen LogP contribution < -0.4 is 10.6 Å². The van der Waals surface area contributed by atoms with Gasteiger partial charge < -0.3 is 15.4 Å². The van der Waals surface area contributed by atoms with Gasteiger partial charge in [-0.1, -0.05) is 35.9 Å². The van der Waals surface area contributed by atoms with E-state index in [9.17, 15) is 14.4 Å². The van der Waals surface area contributed by atoms with Crippen molar-refractivity contribution >= 4 is 29.4 Å². The molecule has 0 bridgehead atoms. The summed E-state index contributed by atoms with van der Waals surface area (Å²) < 4.78 is 5.00. The minimum Gasteiger partial charge on any atom is -0.464 e. The minimum atomic E-state index is -0.452. The van der Waals surface area contributed by atoms with Gasteiger partial charge in [-0.15, -0.1) is 0 Å². The number of nitrogens with one attached hydrogen (secondary N) is 2. The van der Waals surface area contributed by atoms with E-state index in [0.29, 0.717) is 30.8 Å². The fourth-order valence-corrected chi connectivity index (χ4v) is 2.64. The maximum atomic E-state index is 12.3. The first-order valence-electron chi connectivity index (χ1n) is 8.64. The summed E-state index contributed by atoms with van der Waals surface area (Å²) in [7, 11) is 0. The van der Waals surface area contributed by atoms with Crippen molar-refractivity contribution in [3.8, 4) is 0 Å². The highest BCUT2D eigenvalue weighted by Crippen LogP contribution is 2.13. The first-order chi connectivity index (χ1) is 12.5. The number of allylic oxidation sites excluding steroid dienone is 2. The summed E-state index contributed by atoms with van der Waals surface area (Å²) in [6, 6.07) is 7.21. The number of rotatable bonds is 4. The Bertz CT molecular complexity index is 658. The Labute approximate surface area is 157 Å². The lowest BCUT2D eigenvalue weighted by Crippen LogP contribution is -2.36. The van der Waals surface area contributed by atoms with Crippen LogP contribution in [0.4, 0.5) is 0 Å². The van der Waals surface area contributed by atoms with E-state index in [2.05, 4.69) is 10.6 Å². The first kappa shape index (κ1) is 20.0. The smallest absolute Gasteiger partial charge is 0.306 e. The second-order valence-electron chi connectivity index (χ2n) is 6.06. The lowest BCUT2D eigenvalue weighted by molar-refractivity contribution is -0.144. The number of hydrogen-bond acceptors (Lipinski definition) is 4. The molecule has 6 nitrogen and oxygen atoms in total. The summed E-state index contributed by atoms with van der Waals surface area (Å²) in [4.78, 5) is 35.9. The van der Waals surface area contributed by atoms with Crippen molar-refractivity contribution in [1.29, 1.82) is 0 Å². The number of esters is 1. The van der Waals surface area contributed by atoms with Crippen molar-refractivity contribution in [1.82, 2.24) is 10.6 Å². The Hall–Kier alpha value is -2.34. The summed E-state index contributed by atoms with van der Waals surface area (Å²) in [6.45, 7) is 0.775. The molecule has 2 N–H and O–H groups in total. The van der Waals surface area contributed by atoms with Crippen molar-refractivity contribution < 1.29 is 19.1 Å². The van der Waals surface area contributed by atoms with E-state index in [1.165, 1.54) is 0 Å². The lowest BCUT2D eigenvalue weighted by Gasteiger charge is -2.16. The largest absolute Gasteiger partial charge is 0.464 e. The number of ether oxygens (including phenoxy) is 1. The van der Waals surface area contributed by atoms with Gasteiger partial charge in [0.1, 0.15) is 6.61 Å². The van der Waals surface area contributed by atoms with Crippen molar-refractivity contribution in [3.63, 3.8) is 0 Å². The molecule has 0 fully saturated rings. The molecule has 1 aliphatic heterocycles. The third kappa shape index (κ3) is 7.27. The van der Waals surface area contributed by atoms with E-state index in [0.717, 1.165) is 5.56 Å². The molecule has 1 aromatic rings. The van der Waals surface area contributed by atoms with Crippen LogP contribution in [0.5, 0.6) is 0 Å². The molecule has 7 heteroatoms. The first-order valence-corrected chi connectivity index (χ1v) is 9.02. The molecule has 0 saturated carbocycles. The molecule has 1 atom stereocenters. The minimum absolute atomic E-state index is 0.101. The van der Waals surface area contributed by atoms with E-state index in [4.69, 9.17) is 16.3 Å². The van der Waals surface area contributed by atoms with Crippen LogP contribution in [0.3, 0.4) is 0 Å². The van der Waals surface area contributed by atoms with Gasteiger partial charge in [0.15, 0.2) is 0 Å². The molecule has 0 radical (unpaired) electrons. The molecule has 140 valence electrons. The summed E-state index contributed by atoms with van der Waals surface area (Å²) in [5.74, 6) is -1.13. The Morgan fingerprint density at radius 3 is 2.77 bits per heavy atom. The quantitative estimate of drug-likeness (QED) is 0.622. The second-order valence-corrected chi connectivity index (χ2v) is 6.50. The van der Waals surface area contributed by atoms with Gasteiger partial charge in [0, 0.05) is 24.4 Å². The highest BCUT2D eigenvalue weighted by Gasteiger charge is 2.21. The number of carbonyl (C=O) groups excluding carboxylic acids is 3. The zero-order valence-corrected chi connectivity index (χ0v) is 15.3. The van der Waals surface area contributed by atoms with Gasteiger partial charge in [-0.3, -0.25) is 14.4 Å². The molecule has 1 heterocycles. The zero-order chi connectivity index (χ0) is 18.8. The Morgan fingerprint density at radius 2 is 2.00 bits per heavy atom. The standard InChI is InChI=1S/C19H23ClN2O4/c20-16-8-6-14(7-9-16)13-22-17(23)12-15-4-2-1-3-5-18(24)26-11-10-21-19(15)25/h1-2,6-9,15H,3-5,10-13H2,(H,21,25)(H,22,23)/b2-1+/t15-/m1/s1. The van der Waals surface area contributed by atoms with E-state index < -0.39 is 5.92 Å². The Balaban J connectivity index is 1.87. The summed E-state index contributed by atoms with van der Waals surface area (Å²) in [5, 5.41) is 6.18.